The summed E-state index contributed by atoms with van der Waals surface area (Å²) in [4.78, 5) is 2.48. The summed E-state index contributed by atoms with van der Waals surface area (Å²) in [6.07, 6.45) is 9.05. The summed E-state index contributed by atoms with van der Waals surface area (Å²) in [5.41, 5.74) is 8.98. The fourth-order valence-corrected chi connectivity index (χ4v) is 6.55. The number of hydrogen-bond donors (Lipinski definition) is 0. The molecule has 1 aliphatic heterocycles. The van der Waals surface area contributed by atoms with E-state index in [0.29, 0.717) is 12.0 Å². The second-order valence-corrected chi connectivity index (χ2v) is 10.5. The van der Waals surface area contributed by atoms with Crippen LogP contribution in [0.3, 0.4) is 0 Å². The molecule has 1 aliphatic carbocycles. The molecule has 2 unspecified atom stereocenters. The van der Waals surface area contributed by atoms with Crippen molar-refractivity contribution < 1.29 is 0 Å². The van der Waals surface area contributed by atoms with Gasteiger partial charge in [0, 0.05) is 17.3 Å². The highest BCUT2D eigenvalue weighted by molar-refractivity contribution is 6.13. The predicted molar refractivity (Wildman–Crippen MR) is 166 cm³/mol. The maximum absolute atomic E-state index is 2.48. The molecule has 0 saturated carbocycles. The van der Waals surface area contributed by atoms with Gasteiger partial charge in [0.05, 0.1) is 6.04 Å². The third kappa shape index (κ3) is 3.55. The summed E-state index contributed by atoms with van der Waals surface area (Å²) in [5.74, 6) is 0.355. The van der Waals surface area contributed by atoms with E-state index in [1.54, 1.807) is 0 Å². The number of hydrogen-bond acceptors (Lipinski definition) is 1. The van der Waals surface area contributed by atoms with Crippen LogP contribution in [-0.4, -0.2) is 6.04 Å². The molecule has 0 spiro atoms. The van der Waals surface area contributed by atoms with Crippen molar-refractivity contribution in [2.24, 2.45) is 0 Å². The number of fused-ring (bicyclic) bond motifs is 6. The highest BCUT2D eigenvalue weighted by atomic mass is 15.2. The van der Waals surface area contributed by atoms with Crippen LogP contribution in [0.5, 0.6) is 0 Å². The molecule has 0 N–H and O–H groups in total. The Balaban J connectivity index is 1.20. The molecular weight excluding hydrogens is 470 g/mol. The molecule has 0 radical (unpaired) electrons. The number of nitrogens with zero attached hydrogens (tertiary/aromatic N) is 1. The Morgan fingerprint density at radius 1 is 0.487 bits per heavy atom. The van der Waals surface area contributed by atoms with E-state index in [4.69, 9.17) is 0 Å². The van der Waals surface area contributed by atoms with Gasteiger partial charge in [0.1, 0.15) is 0 Å². The largest absolute Gasteiger partial charge is 0.333 e. The Morgan fingerprint density at radius 2 is 1.15 bits per heavy atom. The Labute approximate surface area is 229 Å². The minimum absolute atomic E-state index is 0.311. The van der Waals surface area contributed by atoms with Gasteiger partial charge >= 0.3 is 0 Å². The molecule has 0 fully saturated rings. The van der Waals surface area contributed by atoms with Crippen LogP contribution in [0.2, 0.25) is 0 Å². The maximum atomic E-state index is 2.48. The van der Waals surface area contributed by atoms with Crippen molar-refractivity contribution in [2.45, 2.75) is 12.0 Å². The molecule has 0 aromatic heterocycles. The number of rotatable bonds is 3. The molecule has 8 rings (SSSR count). The van der Waals surface area contributed by atoms with E-state index >= 15 is 0 Å². The minimum Gasteiger partial charge on any atom is -0.333 e. The van der Waals surface area contributed by atoms with Gasteiger partial charge in [0.15, 0.2) is 0 Å². The second-order valence-electron chi connectivity index (χ2n) is 10.5. The maximum Gasteiger partial charge on any atom is 0.0629 e. The Kier molecular flexibility index (Phi) is 5.03. The van der Waals surface area contributed by atoms with Crippen LogP contribution >= 0.6 is 0 Å². The third-order valence-corrected chi connectivity index (χ3v) is 8.38. The molecule has 0 bridgehead atoms. The molecule has 0 saturated heterocycles. The molecule has 2 atom stereocenters. The standard InChI is InChI=1S/C38H27N/c1-2-11-30(12-3-1)39-37-17-9-8-16-34(37)36-24-28(22-23-38(36)39)26-18-20-27(21-19-26)35-25-29-10-4-5-13-31(29)32-14-6-7-15-33(32)35/h1-25,34,37H. The van der Waals surface area contributed by atoms with E-state index in [2.05, 4.69) is 157 Å². The van der Waals surface area contributed by atoms with E-state index in [1.807, 2.05) is 0 Å². The molecule has 39 heavy (non-hydrogen) atoms. The summed E-state index contributed by atoms with van der Waals surface area (Å²) >= 11 is 0. The monoisotopic (exact) mass is 497 g/mol. The van der Waals surface area contributed by atoms with Crippen LogP contribution in [0, 0.1) is 0 Å². The van der Waals surface area contributed by atoms with Gasteiger partial charge in [-0.2, -0.15) is 0 Å². The zero-order chi connectivity index (χ0) is 25.8. The Morgan fingerprint density at radius 3 is 2.00 bits per heavy atom. The average Bonchev–Trinajstić information content (AvgIpc) is 3.35. The lowest BCUT2D eigenvalue weighted by atomic mass is 9.89. The van der Waals surface area contributed by atoms with Gasteiger partial charge in [-0.25, -0.2) is 0 Å². The van der Waals surface area contributed by atoms with Crippen LogP contribution in [0.1, 0.15) is 11.5 Å². The first-order chi connectivity index (χ1) is 19.3. The van der Waals surface area contributed by atoms with Gasteiger partial charge in [-0.05, 0) is 79.7 Å². The van der Waals surface area contributed by atoms with Crippen LogP contribution in [0.25, 0.3) is 43.8 Å². The van der Waals surface area contributed by atoms with Crippen LogP contribution in [-0.2, 0) is 0 Å². The summed E-state index contributed by atoms with van der Waals surface area (Å²) in [6, 6.07) is 46.9. The summed E-state index contributed by atoms with van der Waals surface area (Å²) in [7, 11) is 0. The first-order valence-corrected chi connectivity index (χ1v) is 13.7. The number of para-hydroxylation sites is 1. The van der Waals surface area contributed by atoms with Crippen molar-refractivity contribution in [2.75, 3.05) is 4.90 Å². The number of benzene rings is 6. The minimum atomic E-state index is 0.311. The molecule has 1 heteroatoms. The lowest BCUT2D eigenvalue weighted by Gasteiger charge is -2.28. The van der Waals surface area contributed by atoms with Gasteiger partial charge in [-0.1, -0.05) is 121 Å². The zero-order valence-corrected chi connectivity index (χ0v) is 21.5. The van der Waals surface area contributed by atoms with E-state index in [0.717, 1.165) is 0 Å². The van der Waals surface area contributed by atoms with Gasteiger partial charge in [-0.15, -0.1) is 0 Å². The molecule has 6 aromatic rings. The van der Waals surface area contributed by atoms with Crippen LogP contribution < -0.4 is 4.90 Å². The van der Waals surface area contributed by atoms with Crippen molar-refractivity contribution in [1.82, 2.24) is 0 Å². The normalized spacial score (nSPS) is 17.5. The average molecular weight is 498 g/mol. The molecule has 2 aliphatic rings. The van der Waals surface area contributed by atoms with Crippen LogP contribution in [0.4, 0.5) is 11.4 Å². The lowest BCUT2D eigenvalue weighted by molar-refractivity contribution is 0.745. The first-order valence-electron chi connectivity index (χ1n) is 13.7. The fraction of sp³-hybridized carbons (Fsp3) is 0.0526. The number of allylic oxidation sites excluding steroid dienone is 2. The third-order valence-electron chi connectivity index (χ3n) is 8.38. The Bertz CT molecular complexity index is 1910. The highest BCUT2D eigenvalue weighted by Crippen LogP contribution is 2.48. The van der Waals surface area contributed by atoms with E-state index in [-0.39, 0.29) is 0 Å². The van der Waals surface area contributed by atoms with Gasteiger partial charge < -0.3 is 4.90 Å². The molecular formula is C38H27N. The summed E-state index contributed by atoms with van der Waals surface area (Å²) in [5, 5.41) is 5.19. The van der Waals surface area contributed by atoms with Crippen LogP contribution in [0.15, 0.2) is 152 Å². The van der Waals surface area contributed by atoms with Gasteiger partial charge in [0.2, 0.25) is 0 Å². The van der Waals surface area contributed by atoms with E-state index in [9.17, 15) is 0 Å². The predicted octanol–water partition coefficient (Wildman–Crippen LogP) is 10.1. The second kappa shape index (κ2) is 8.85. The van der Waals surface area contributed by atoms with E-state index < -0.39 is 0 Å². The Hall–Kier alpha value is -4.88. The lowest BCUT2D eigenvalue weighted by Crippen LogP contribution is -2.28. The van der Waals surface area contributed by atoms with Gasteiger partial charge in [-0.3, -0.25) is 0 Å². The smallest absolute Gasteiger partial charge is 0.0629 e. The SMILES string of the molecule is C1=CC2c3cc(-c4ccc(-c5cc6ccccc6c6ccccc56)cc4)ccc3N(c3ccccc3)C2C=C1. The van der Waals surface area contributed by atoms with E-state index in [1.165, 1.54) is 60.7 Å². The molecule has 1 nitrogen and oxygen atoms in total. The van der Waals surface area contributed by atoms with Gasteiger partial charge in [0.25, 0.3) is 0 Å². The first kappa shape index (κ1) is 22.1. The molecule has 1 heterocycles. The van der Waals surface area contributed by atoms with Crippen molar-refractivity contribution in [3.63, 3.8) is 0 Å². The topological polar surface area (TPSA) is 3.24 Å². The molecule has 184 valence electrons. The number of anilines is 2. The summed E-state index contributed by atoms with van der Waals surface area (Å²) in [6.45, 7) is 0. The van der Waals surface area contributed by atoms with Crippen molar-refractivity contribution in [3.8, 4) is 22.3 Å². The van der Waals surface area contributed by atoms with Crippen molar-refractivity contribution in [1.29, 1.82) is 0 Å². The van der Waals surface area contributed by atoms with Crippen molar-refractivity contribution in [3.05, 3.63) is 157 Å². The van der Waals surface area contributed by atoms with Crippen molar-refractivity contribution >= 4 is 32.9 Å². The zero-order valence-electron chi connectivity index (χ0n) is 21.5. The quantitative estimate of drug-likeness (QED) is 0.220. The fourth-order valence-electron chi connectivity index (χ4n) is 6.55. The molecule has 0 amide bonds. The molecule has 6 aromatic carbocycles. The highest BCUT2D eigenvalue weighted by Gasteiger charge is 2.37. The summed E-state index contributed by atoms with van der Waals surface area (Å²) < 4.78 is 0.